The number of aliphatic hydroxyl groups excluding tert-OH is 1. The molecule has 0 aromatic carbocycles. The smallest absolute Gasteiger partial charge is 0.408 e. The molecule has 0 saturated heterocycles. The molecule has 0 aliphatic rings. The van der Waals surface area contributed by atoms with E-state index in [1.54, 1.807) is 34.6 Å². The second kappa shape index (κ2) is 8.71. The van der Waals surface area contributed by atoms with E-state index in [2.05, 4.69) is 15.4 Å². The Labute approximate surface area is 136 Å². The summed E-state index contributed by atoms with van der Waals surface area (Å²) in [5, 5.41) is 14.5. The van der Waals surface area contributed by atoms with E-state index in [9.17, 15) is 19.5 Å². The Morgan fingerprint density at radius 1 is 1.00 bits per heavy atom. The summed E-state index contributed by atoms with van der Waals surface area (Å²) in [5.74, 6) is -1.52. The fourth-order valence-corrected chi connectivity index (χ4v) is 1.71. The average molecular weight is 332 g/mol. The topological polar surface area (TPSA) is 114 Å². The van der Waals surface area contributed by atoms with Gasteiger partial charge in [-0.2, -0.15) is 0 Å². The molecule has 0 saturated carbocycles. The number of carbonyl (C=O) groups excluding carboxylic acids is 3. The van der Waals surface area contributed by atoms with Crippen LogP contribution in [0.2, 0.25) is 0 Å². The van der Waals surface area contributed by atoms with Gasteiger partial charge in [0.25, 0.3) is 0 Å². The van der Waals surface area contributed by atoms with Crippen molar-refractivity contribution in [2.24, 2.45) is 5.92 Å². The molecule has 3 N–H and O–H groups in total. The predicted molar refractivity (Wildman–Crippen MR) is 83.6 cm³/mol. The molecule has 0 aliphatic carbocycles. The van der Waals surface area contributed by atoms with Crippen LogP contribution in [-0.2, 0) is 19.1 Å². The molecule has 0 bridgehead atoms. The Bertz CT molecular complexity index is 428. The van der Waals surface area contributed by atoms with E-state index in [0.717, 1.165) is 0 Å². The van der Waals surface area contributed by atoms with E-state index in [1.165, 1.54) is 14.0 Å². The van der Waals surface area contributed by atoms with Gasteiger partial charge >= 0.3 is 12.1 Å². The van der Waals surface area contributed by atoms with Crippen LogP contribution in [0, 0.1) is 5.92 Å². The highest BCUT2D eigenvalue weighted by Gasteiger charge is 2.32. The molecule has 0 aliphatic heterocycles. The first-order valence-electron chi connectivity index (χ1n) is 7.44. The van der Waals surface area contributed by atoms with Crippen LogP contribution in [0.4, 0.5) is 4.79 Å². The molecule has 2 amide bonds. The number of hydrogen-bond donors (Lipinski definition) is 3. The summed E-state index contributed by atoms with van der Waals surface area (Å²) < 4.78 is 9.69. The van der Waals surface area contributed by atoms with Crippen molar-refractivity contribution in [3.05, 3.63) is 0 Å². The van der Waals surface area contributed by atoms with Crippen molar-refractivity contribution in [3.8, 4) is 0 Å². The van der Waals surface area contributed by atoms with Crippen molar-refractivity contribution in [2.75, 3.05) is 7.11 Å². The maximum absolute atomic E-state index is 12.3. The molecule has 0 rings (SSSR count). The van der Waals surface area contributed by atoms with Gasteiger partial charge in [0.2, 0.25) is 5.91 Å². The van der Waals surface area contributed by atoms with Crippen LogP contribution in [0.3, 0.4) is 0 Å². The van der Waals surface area contributed by atoms with Crippen LogP contribution in [0.1, 0.15) is 41.5 Å². The van der Waals surface area contributed by atoms with E-state index in [0.29, 0.717) is 0 Å². The monoisotopic (exact) mass is 332 g/mol. The molecular weight excluding hydrogens is 304 g/mol. The molecule has 3 atom stereocenters. The zero-order valence-electron chi connectivity index (χ0n) is 14.8. The lowest BCUT2D eigenvalue weighted by atomic mass is 10.0. The van der Waals surface area contributed by atoms with Gasteiger partial charge in [0.05, 0.1) is 13.2 Å². The number of methoxy groups -OCH3 is 1. The third-order valence-corrected chi connectivity index (χ3v) is 2.86. The maximum atomic E-state index is 12.3. The van der Waals surface area contributed by atoms with Gasteiger partial charge in [-0.15, -0.1) is 0 Å². The Morgan fingerprint density at radius 2 is 1.52 bits per heavy atom. The first-order chi connectivity index (χ1) is 10.4. The number of amides is 2. The van der Waals surface area contributed by atoms with E-state index >= 15 is 0 Å². The van der Waals surface area contributed by atoms with Gasteiger partial charge in [-0.3, -0.25) is 4.79 Å². The zero-order valence-corrected chi connectivity index (χ0v) is 14.8. The van der Waals surface area contributed by atoms with Crippen LogP contribution in [-0.4, -0.2) is 54.0 Å². The minimum absolute atomic E-state index is 0.220. The van der Waals surface area contributed by atoms with Gasteiger partial charge in [0, 0.05) is 0 Å². The van der Waals surface area contributed by atoms with Crippen LogP contribution in [0.5, 0.6) is 0 Å². The quantitative estimate of drug-likeness (QED) is 0.613. The summed E-state index contributed by atoms with van der Waals surface area (Å²) in [6.45, 7) is 9.85. The summed E-state index contributed by atoms with van der Waals surface area (Å²) in [5.41, 5.74) is -0.740. The second-order valence-electron chi connectivity index (χ2n) is 6.62. The van der Waals surface area contributed by atoms with Gasteiger partial charge in [0.15, 0.2) is 0 Å². The first-order valence-corrected chi connectivity index (χ1v) is 7.44. The zero-order chi connectivity index (χ0) is 18.4. The Balaban J connectivity index is 4.99. The highest BCUT2D eigenvalue weighted by atomic mass is 16.6. The molecule has 0 aromatic rings. The van der Waals surface area contributed by atoms with E-state index in [4.69, 9.17) is 4.74 Å². The molecule has 23 heavy (non-hydrogen) atoms. The number of ether oxygens (including phenoxy) is 2. The molecule has 0 fully saturated rings. The number of aliphatic hydroxyl groups is 1. The lowest BCUT2D eigenvalue weighted by Crippen LogP contribution is -2.57. The van der Waals surface area contributed by atoms with Gasteiger partial charge in [-0.05, 0) is 33.6 Å². The van der Waals surface area contributed by atoms with E-state index in [-0.39, 0.29) is 5.92 Å². The van der Waals surface area contributed by atoms with Crippen LogP contribution in [0.25, 0.3) is 0 Å². The number of esters is 1. The first kappa shape index (κ1) is 21.2. The molecule has 0 heterocycles. The van der Waals surface area contributed by atoms with Gasteiger partial charge in [-0.25, -0.2) is 9.59 Å². The normalized spacial score (nSPS) is 15.3. The van der Waals surface area contributed by atoms with E-state index in [1.807, 2.05) is 0 Å². The number of nitrogens with one attached hydrogen (secondary N) is 2. The van der Waals surface area contributed by atoms with Crippen molar-refractivity contribution in [3.63, 3.8) is 0 Å². The molecule has 0 radical (unpaired) electrons. The average Bonchev–Trinajstić information content (AvgIpc) is 2.38. The molecule has 8 nitrogen and oxygen atoms in total. The number of hydrogen-bond acceptors (Lipinski definition) is 6. The second-order valence-corrected chi connectivity index (χ2v) is 6.62. The Morgan fingerprint density at radius 3 is 1.87 bits per heavy atom. The minimum Gasteiger partial charge on any atom is -0.467 e. The third-order valence-electron chi connectivity index (χ3n) is 2.86. The van der Waals surface area contributed by atoms with Crippen molar-refractivity contribution >= 4 is 18.0 Å². The molecule has 0 spiro atoms. The van der Waals surface area contributed by atoms with Gasteiger partial charge < -0.3 is 25.2 Å². The summed E-state index contributed by atoms with van der Waals surface area (Å²) in [6.07, 6.45) is -2.01. The lowest BCUT2D eigenvalue weighted by molar-refractivity contribution is -0.147. The number of carbonyl (C=O) groups is 3. The highest BCUT2D eigenvalue weighted by Crippen LogP contribution is 2.08. The van der Waals surface area contributed by atoms with Gasteiger partial charge in [0.1, 0.15) is 17.7 Å². The van der Waals surface area contributed by atoms with Crippen molar-refractivity contribution in [1.82, 2.24) is 10.6 Å². The molecular formula is C15H28N2O6. The van der Waals surface area contributed by atoms with Crippen LogP contribution in [0.15, 0.2) is 0 Å². The lowest BCUT2D eigenvalue weighted by Gasteiger charge is -2.27. The van der Waals surface area contributed by atoms with Crippen molar-refractivity contribution in [1.29, 1.82) is 0 Å². The summed E-state index contributed by atoms with van der Waals surface area (Å²) >= 11 is 0. The van der Waals surface area contributed by atoms with E-state index < -0.39 is 41.8 Å². The Kier molecular flexibility index (Phi) is 8.02. The molecule has 0 unspecified atom stereocenters. The van der Waals surface area contributed by atoms with Crippen molar-refractivity contribution in [2.45, 2.75) is 65.3 Å². The van der Waals surface area contributed by atoms with Crippen LogP contribution >= 0.6 is 0 Å². The van der Waals surface area contributed by atoms with Crippen LogP contribution < -0.4 is 10.6 Å². The number of alkyl carbamates (subject to hydrolysis) is 1. The third kappa shape index (κ3) is 7.83. The number of rotatable bonds is 6. The summed E-state index contributed by atoms with van der Waals surface area (Å²) in [4.78, 5) is 35.7. The molecule has 134 valence electrons. The van der Waals surface area contributed by atoms with Crippen molar-refractivity contribution < 1.29 is 29.0 Å². The fourth-order valence-electron chi connectivity index (χ4n) is 1.71. The summed E-state index contributed by atoms with van der Waals surface area (Å²) in [6, 6.07) is -2.13. The molecule has 0 aromatic heterocycles. The standard InChI is InChI=1S/C15H28N2O6/c1-8(2)10(13(20)22-7)16-12(19)11(9(3)18)17-14(21)23-15(4,5)6/h8-11,18H,1-7H3,(H,16,19)(H,17,21)/t9-,10+,11+/m1/s1. The fraction of sp³-hybridized carbons (Fsp3) is 0.800. The maximum Gasteiger partial charge on any atom is 0.408 e. The van der Waals surface area contributed by atoms with Gasteiger partial charge in [-0.1, -0.05) is 13.8 Å². The SMILES string of the molecule is COC(=O)[C@@H](NC(=O)[C@@H](NC(=O)OC(C)(C)C)[C@@H](C)O)C(C)C. The summed E-state index contributed by atoms with van der Waals surface area (Å²) in [7, 11) is 1.22. The highest BCUT2D eigenvalue weighted by molar-refractivity contribution is 5.90. The minimum atomic E-state index is -1.25. The largest absolute Gasteiger partial charge is 0.467 e. The molecule has 8 heteroatoms. The predicted octanol–water partition coefficient (Wildman–Crippen LogP) is 0.574. The Hall–Kier alpha value is -1.83.